The van der Waals surface area contributed by atoms with Crippen LogP contribution in [-0.2, 0) is 0 Å². The van der Waals surface area contributed by atoms with Crippen LogP contribution in [0, 0.1) is 6.92 Å². The Bertz CT molecular complexity index is 1510. The van der Waals surface area contributed by atoms with Crippen molar-refractivity contribution in [3.63, 3.8) is 0 Å². The number of methoxy groups -OCH3 is 1. The van der Waals surface area contributed by atoms with Crippen LogP contribution in [0.3, 0.4) is 0 Å². The van der Waals surface area contributed by atoms with Gasteiger partial charge in [0.1, 0.15) is 17.0 Å². The number of aromatic hydroxyl groups is 2. The highest BCUT2D eigenvalue weighted by molar-refractivity contribution is 7.21. The molecule has 0 bridgehead atoms. The number of fused-ring (bicyclic) bond motifs is 1. The zero-order valence-corrected chi connectivity index (χ0v) is 19.1. The summed E-state index contributed by atoms with van der Waals surface area (Å²) in [5.41, 5.74) is 1.28. The van der Waals surface area contributed by atoms with Crippen molar-refractivity contribution in [3.05, 3.63) is 76.7 Å². The summed E-state index contributed by atoms with van der Waals surface area (Å²) in [6.45, 7) is 1.72. The van der Waals surface area contributed by atoms with Gasteiger partial charge in [-0.25, -0.2) is 4.98 Å². The molecular formula is C24H17ClN2O5S. The first-order valence-corrected chi connectivity index (χ1v) is 11.1. The number of nitrogens with zero attached hydrogens (tertiary/aromatic N) is 2. The van der Waals surface area contributed by atoms with Gasteiger partial charge in [0, 0.05) is 0 Å². The average Bonchev–Trinajstić information content (AvgIpc) is 3.51. The third-order valence-corrected chi connectivity index (χ3v) is 6.54. The summed E-state index contributed by atoms with van der Waals surface area (Å²) in [6.07, 6.45) is 0. The summed E-state index contributed by atoms with van der Waals surface area (Å²) in [6, 6.07) is 15.5. The lowest BCUT2D eigenvalue weighted by Crippen LogP contribution is -2.04. The maximum absolute atomic E-state index is 13.4. The lowest BCUT2D eigenvalue weighted by molar-refractivity contribution is 0.101. The monoisotopic (exact) mass is 480 g/mol. The Balaban J connectivity index is 1.81. The number of carbonyl (C=O) groups excluding carboxylic acids is 1. The Kier molecular flexibility index (Phi) is 5.11. The van der Waals surface area contributed by atoms with E-state index in [2.05, 4.69) is 4.98 Å². The second-order valence-corrected chi connectivity index (χ2v) is 8.70. The minimum absolute atomic E-state index is 0.0436. The number of ether oxygens (including phenoxy) is 1. The number of rotatable bonds is 5. The number of hydrogen-bond donors (Lipinski definition) is 2. The van der Waals surface area contributed by atoms with E-state index in [4.69, 9.17) is 20.8 Å². The van der Waals surface area contributed by atoms with Gasteiger partial charge in [0.25, 0.3) is 0 Å². The van der Waals surface area contributed by atoms with Crippen LogP contribution in [0.2, 0.25) is 5.02 Å². The van der Waals surface area contributed by atoms with Crippen molar-refractivity contribution in [1.82, 2.24) is 9.55 Å². The number of hydrogen-bond acceptors (Lipinski definition) is 7. The van der Waals surface area contributed by atoms with E-state index in [0.717, 1.165) is 4.70 Å². The normalized spacial score (nSPS) is 11.2. The van der Waals surface area contributed by atoms with Crippen LogP contribution in [0.1, 0.15) is 21.9 Å². The zero-order chi connectivity index (χ0) is 23.3. The van der Waals surface area contributed by atoms with Gasteiger partial charge in [0.2, 0.25) is 11.7 Å². The second kappa shape index (κ2) is 7.99. The molecule has 2 N–H and O–H groups in total. The maximum atomic E-state index is 13.4. The molecule has 0 aliphatic heterocycles. The molecule has 3 heterocycles. The number of aromatic nitrogens is 2. The first-order valence-electron chi connectivity index (χ1n) is 9.86. The van der Waals surface area contributed by atoms with E-state index < -0.39 is 17.4 Å². The summed E-state index contributed by atoms with van der Waals surface area (Å²) < 4.78 is 12.9. The lowest BCUT2D eigenvalue weighted by Gasteiger charge is -2.09. The number of aryl methyl sites for hydroxylation is 1. The molecule has 0 aliphatic rings. The lowest BCUT2D eigenvalue weighted by atomic mass is 10.0. The summed E-state index contributed by atoms with van der Waals surface area (Å²) in [7, 11) is 1.55. The van der Waals surface area contributed by atoms with Crippen LogP contribution in [0.25, 0.3) is 26.6 Å². The molecule has 0 spiro atoms. The molecular weight excluding hydrogens is 464 g/mol. The van der Waals surface area contributed by atoms with Gasteiger partial charge in [0.15, 0.2) is 16.6 Å². The first kappa shape index (κ1) is 21.1. The Labute approximate surface area is 197 Å². The molecule has 33 heavy (non-hydrogen) atoms. The predicted molar refractivity (Wildman–Crippen MR) is 126 cm³/mol. The van der Waals surface area contributed by atoms with Gasteiger partial charge in [-0.15, -0.1) is 0 Å². The molecule has 9 heteroatoms. The van der Waals surface area contributed by atoms with E-state index in [1.165, 1.54) is 22.0 Å². The van der Waals surface area contributed by atoms with Crippen molar-refractivity contribution in [1.29, 1.82) is 0 Å². The van der Waals surface area contributed by atoms with Gasteiger partial charge in [-0.3, -0.25) is 9.36 Å². The van der Waals surface area contributed by atoms with Crippen molar-refractivity contribution >= 4 is 38.9 Å². The molecule has 0 radical (unpaired) electrons. The smallest absolute Gasteiger partial charge is 0.242 e. The SMILES string of the molecule is COc1ccc(-c2c(C(=O)c3ccc(C)o3)c(O)c(O)n2-c2nc3c(Cl)cccc3s2)cc1. The van der Waals surface area contributed by atoms with Crippen LogP contribution in [0.4, 0.5) is 0 Å². The summed E-state index contributed by atoms with van der Waals surface area (Å²) in [4.78, 5) is 18.0. The van der Waals surface area contributed by atoms with Crippen molar-refractivity contribution in [2.24, 2.45) is 0 Å². The first-order chi connectivity index (χ1) is 15.9. The van der Waals surface area contributed by atoms with Crippen LogP contribution >= 0.6 is 22.9 Å². The topological polar surface area (TPSA) is 97.7 Å². The zero-order valence-electron chi connectivity index (χ0n) is 17.5. The van der Waals surface area contributed by atoms with E-state index in [1.54, 1.807) is 56.5 Å². The summed E-state index contributed by atoms with van der Waals surface area (Å²) in [5.74, 6) is -0.436. The van der Waals surface area contributed by atoms with E-state index in [9.17, 15) is 15.0 Å². The van der Waals surface area contributed by atoms with Crippen LogP contribution in [0.15, 0.2) is 59.0 Å². The van der Waals surface area contributed by atoms with Crippen LogP contribution in [0.5, 0.6) is 17.4 Å². The van der Waals surface area contributed by atoms with Crippen molar-refractivity contribution in [2.75, 3.05) is 7.11 Å². The van der Waals surface area contributed by atoms with Gasteiger partial charge < -0.3 is 19.4 Å². The van der Waals surface area contributed by atoms with Gasteiger partial charge >= 0.3 is 0 Å². The van der Waals surface area contributed by atoms with Crippen molar-refractivity contribution in [2.45, 2.75) is 6.92 Å². The molecule has 7 nitrogen and oxygen atoms in total. The highest BCUT2D eigenvalue weighted by Crippen LogP contribution is 2.45. The molecule has 5 aromatic rings. The third kappa shape index (κ3) is 3.44. The van der Waals surface area contributed by atoms with E-state index in [0.29, 0.717) is 32.7 Å². The molecule has 166 valence electrons. The summed E-state index contributed by atoms with van der Waals surface area (Å²) >= 11 is 7.57. The quantitative estimate of drug-likeness (QED) is 0.301. The third-order valence-electron chi connectivity index (χ3n) is 5.23. The number of thiazole rings is 1. The number of ketones is 1. The van der Waals surface area contributed by atoms with Crippen LogP contribution < -0.4 is 4.74 Å². The molecule has 0 saturated heterocycles. The summed E-state index contributed by atoms with van der Waals surface area (Å²) in [5, 5.41) is 22.6. The van der Waals surface area contributed by atoms with Crippen molar-refractivity contribution < 1.29 is 24.2 Å². The van der Waals surface area contributed by atoms with Gasteiger partial charge in [0.05, 0.1) is 28.1 Å². The minimum Gasteiger partial charge on any atom is -0.503 e. The molecule has 5 rings (SSSR count). The minimum atomic E-state index is -0.570. The number of para-hydroxylation sites is 1. The number of carbonyl (C=O) groups is 1. The second-order valence-electron chi connectivity index (χ2n) is 7.28. The Hall–Kier alpha value is -3.75. The molecule has 0 atom stereocenters. The van der Waals surface area contributed by atoms with Crippen LogP contribution in [-0.4, -0.2) is 32.7 Å². The van der Waals surface area contributed by atoms with Gasteiger partial charge in [-0.1, -0.05) is 29.0 Å². The fourth-order valence-corrected chi connectivity index (χ4v) is 4.92. The van der Waals surface area contributed by atoms with E-state index in [1.807, 2.05) is 6.07 Å². The molecule has 0 saturated carbocycles. The number of furan rings is 1. The highest BCUT2D eigenvalue weighted by atomic mass is 35.5. The number of halogens is 1. The largest absolute Gasteiger partial charge is 0.503 e. The number of benzene rings is 2. The Morgan fingerprint density at radius 1 is 1.12 bits per heavy atom. The average molecular weight is 481 g/mol. The van der Waals surface area contributed by atoms with Gasteiger partial charge in [-0.2, -0.15) is 0 Å². The molecule has 3 aromatic heterocycles. The standard InChI is InChI=1S/C24H17ClN2O5S/c1-12-6-11-16(32-12)21(28)18-20(13-7-9-14(31-2)10-8-13)27(23(30)22(18)29)24-26-19-15(25)4-3-5-17(19)33-24/h3-11,29-30H,1-2H3. The fraction of sp³-hybridized carbons (Fsp3) is 0.0833. The Morgan fingerprint density at radius 2 is 1.88 bits per heavy atom. The fourth-order valence-electron chi connectivity index (χ4n) is 3.65. The van der Waals surface area contributed by atoms with E-state index >= 15 is 0 Å². The van der Waals surface area contributed by atoms with Gasteiger partial charge in [-0.05, 0) is 61.0 Å². The maximum Gasteiger partial charge on any atom is 0.242 e. The highest BCUT2D eigenvalue weighted by Gasteiger charge is 2.32. The predicted octanol–water partition coefficient (Wildman–Crippen LogP) is 5.96. The molecule has 0 aliphatic carbocycles. The van der Waals surface area contributed by atoms with Crippen molar-refractivity contribution in [3.8, 4) is 33.8 Å². The Morgan fingerprint density at radius 3 is 2.52 bits per heavy atom. The molecule has 0 amide bonds. The molecule has 0 fully saturated rings. The molecule has 2 aromatic carbocycles. The van der Waals surface area contributed by atoms with E-state index in [-0.39, 0.29) is 17.0 Å². The molecule has 0 unspecified atom stereocenters.